The van der Waals surface area contributed by atoms with Gasteiger partial charge in [0.05, 0.1) is 19.8 Å². The van der Waals surface area contributed by atoms with Gasteiger partial charge in [-0.3, -0.25) is 4.79 Å². The number of carbonyl (C=O) groups is 1. The van der Waals surface area contributed by atoms with Gasteiger partial charge in [-0.25, -0.2) is 0 Å². The highest BCUT2D eigenvalue weighted by molar-refractivity contribution is 5.62. The highest BCUT2D eigenvalue weighted by Crippen LogP contribution is 1.91. The predicted octanol–water partition coefficient (Wildman–Crippen LogP) is -0.559. The first-order chi connectivity index (χ1) is 6.58. The Morgan fingerprint density at radius 3 is 2.14 bits per heavy atom. The second kappa shape index (κ2) is 12.3. The molecule has 0 aromatic carbocycles. The molecule has 0 spiro atoms. The molecule has 0 rings (SSSR count). The molecule has 0 fully saturated rings. The maximum atomic E-state index is 9.00. The Labute approximate surface area is 83.1 Å². The zero-order valence-corrected chi connectivity index (χ0v) is 8.47. The fraction of sp³-hybridized carbons (Fsp3) is 0.875. The van der Waals surface area contributed by atoms with Crippen LogP contribution >= 0.6 is 0 Å². The van der Waals surface area contributed by atoms with Crippen molar-refractivity contribution in [1.82, 2.24) is 0 Å². The van der Waals surface area contributed by atoms with Crippen molar-refractivity contribution in [3.05, 3.63) is 0 Å². The van der Waals surface area contributed by atoms with Gasteiger partial charge in [-0.15, -0.1) is 0 Å². The number of aliphatic hydroxyl groups excluding tert-OH is 2. The minimum Gasteiger partial charge on any atom is -0.481 e. The van der Waals surface area contributed by atoms with Crippen LogP contribution in [0.2, 0.25) is 0 Å². The summed E-state index contributed by atoms with van der Waals surface area (Å²) in [4.78, 5) is 9.00. The average molecular weight is 210 g/mol. The van der Waals surface area contributed by atoms with Crippen LogP contribution in [-0.4, -0.2) is 54.0 Å². The average Bonchev–Trinajstić information content (AvgIpc) is 2.11. The van der Waals surface area contributed by atoms with Crippen molar-refractivity contribution in [2.45, 2.75) is 20.1 Å². The topological polar surface area (TPSA) is 96.2 Å². The molecule has 0 aliphatic carbocycles. The third-order valence-corrected chi connectivity index (χ3v) is 0.897. The number of carboxylic acids is 1. The lowest BCUT2D eigenvalue weighted by Gasteiger charge is -2.13. The van der Waals surface area contributed by atoms with E-state index in [-0.39, 0.29) is 19.8 Å². The molecule has 0 heterocycles. The summed E-state index contributed by atoms with van der Waals surface area (Å²) in [5, 5.41) is 24.3. The van der Waals surface area contributed by atoms with Crippen molar-refractivity contribution >= 4 is 5.97 Å². The van der Waals surface area contributed by atoms with Crippen molar-refractivity contribution in [2.24, 2.45) is 0 Å². The van der Waals surface area contributed by atoms with E-state index in [0.29, 0.717) is 6.61 Å². The van der Waals surface area contributed by atoms with Gasteiger partial charge in [-0.2, -0.15) is 0 Å². The number of ether oxygens (including phenoxy) is 2. The third kappa shape index (κ3) is 17.4. The van der Waals surface area contributed by atoms with Crippen LogP contribution in [0.3, 0.4) is 0 Å². The Morgan fingerprint density at radius 2 is 1.86 bits per heavy atom. The molecular formula is C8H18O6. The van der Waals surface area contributed by atoms with Gasteiger partial charge >= 0.3 is 0 Å². The van der Waals surface area contributed by atoms with E-state index >= 15 is 0 Å². The van der Waals surface area contributed by atoms with Gasteiger partial charge in [0.2, 0.25) is 0 Å². The summed E-state index contributed by atoms with van der Waals surface area (Å²) in [6.07, 6.45) is -0.586. The van der Waals surface area contributed by atoms with E-state index in [9.17, 15) is 0 Å². The van der Waals surface area contributed by atoms with E-state index in [1.807, 2.05) is 6.92 Å². The molecule has 1 unspecified atom stereocenters. The minimum absolute atomic E-state index is 0.0520. The Balaban J connectivity index is 0. The largest absolute Gasteiger partial charge is 0.481 e. The number of aliphatic carboxylic acids is 1. The van der Waals surface area contributed by atoms with Crippen molar-refractivity contribution in [3.8, 4) is 0 Å². The van der Waals surface area contributed by atoms with E-state index in [1.165, 1.54) is 0 Å². The Morgan fingerprint density at radius 1 is 1.36 bits per heavy atom. The molecule has 0 amide bonds. The molecule has 0 aromatic rings. The third-order valence-electron chi connectivity index (χ3n) is 0.897. The maximum Gasteiger partial charge on any atom is 0.300 e. The van der Waals surface area contributed by atoms with E-state index in [2.05, 4.69) is 0 Å². The molecule has 0 saturated carbocycles. The van der Waals surface area contributed by atoms with Gasteiger partial charge in [0, 0.05) is 13.5 Å². The van der Waals surface area contributed by atoms with Crippen LogP contribution in [0.4, 0.5) is 0 Å². The van der Waals surface area contributed by atoms with E-state index in [4.69, 9.17) is 29.6 Å². The zero-order chi connectivity index (χ0) is 11.4. The van der Waals surface area contributed by atoms with Crippen LogP contribution in [0.25, 0.3) is 0 Å². The van der Waals surface area contributed by atoms with Gasteiger partial charge in [0.15, 0.2) is 6.29 Å². The zero-order valence-electron chi connectivity index (χ0n) is 8.47. The summed E-state index contributed by atoms with van der Waals surface area (Å²) in [5.74, 6) is -0.833. The smallest absolute Gasteiger partial charge is 0.300 e. The molecule has 0 saturated heterocycles. The van der Waals surface area contributed by atoms with Gasteiger partial charge < -0.3 is 24.8 Å². The molecule has 6 nitrogen and oxygen atoms in total. The summed E-state index contributed by atoms with van der Waals surface area (Å²) >= 11 is 0. The van der Waals surface area contributed by atoms with Crippen molar-refractivity contribution in [3.63, 3.8) is 0 Å². The number of carboxylic acid groups (broad SMARTS) is 1. The SMILES string of the molecule is CC(=O)O.CCOC(CO)OCCO. The van der Waals surface area contributed by atoms with E-state index < -0.39 is 12.3 Å². The molecule has 0 aromatic heterocycles. The number of hydrogen-bond acceptors (Lipinski definition) is 5. The van der Waals surface area contributed by atoms with Crippen LogP contribution in [0.15, 0.2) is 0 Å². The standard InChI is InChI=1S/C6H14O4.C2H4O2/c1-2-9-6(5-8)10-4-3-7;1-2(3)4/h6-8H,2-5H2,1H3;1H3,(H,3,4). The lowest BCUT2D eigenvalue weighted by Crippen LogP contribution is -2.22. The summed E-state index contributed by atoms with van der Waals surface area (Å²) in [7, 11) is 0. The molecule has 1 atom stereocenters. The van der Waals surface area contributed by atoms with Crippen LogP contribution in [-0.2, 0) is 14.3 Å². The van der Waals surface area contributed by atoms with Crippen molar-refractivity contribution in [2.75, 3.05) is 26.4 Å². The molecular weight excluding hydrogens is 192 g/mol. The fourth-order valence-electron chi connectivity index (χ4n) is 0.524. The quantitative estimate of drug-likeness (QED) is 0.509. The molecule has 0 aliphatic heterocycles. The van der Waals surface area contributed by atoms with Crippen LogP contribution < -0.4 is 0 Å². The Hall–Kier alpha value is -0.690. The molecule has 86 valence electrons. The minimum atomic E-state index is -0.833. The predicted molar refractivity (Wildman–Crippen MR) is 48.8 cm³/mol. The molecule has 0 aliphatic rings. The molecule has 3 N–H and O–H groups in total. The second-order valence-electron chi connectivity index (χ2n) is 2.18. The fourth-order valence-corrected chi connectivity index (χ4v) is 0.524. The Kier molecular flexibility index (Phi) is 13.9. The van der Waals surface area contributed by atoms with Gasteiger partial charge in [-0.1, -0.05) is 0 Å². The van der Waals surface area contributed by atoms with E-state index in [0.717, 1.165) is 6.92 Å². The molecule has 0 radical (unpaired) electrons. The van der Waals surface area contributed by atoms with E-state index in [1.54, 1.807) is 0 Å². The summed E-state index contributed by atoms with van der Waals surface area (Å²) in [6, 6.07) is 0. The first-order valence-electron chi connectivity index (χ1n) is 4.22. The van der Waals surface area contributed by atoms with Crippen LogP contribution in [0, 0.1) is 0 Å². The van der Waals surface area contributed by atoms with Crippen LogP contribution in [0.1, 0.15) is 13.8 Å². The maximum absolute atomic E-state index is 9.00. The number of aliphatic hydroxyl groups is 2. The molecule has 0 bridgehead atoms. The highest BCUT2D eigenvalue weighted by Gasteiger charge is 2.04. The summed E-state index contributed by atoms with van der Waals surface area (Å²) < 4.78 is 9.77. The second-order valence-corrected chi connectivity index (χ2v) is 2.18. The summed E-state index contributed by atoms with van der Waals surface area (Å²) in [6.45, 7) is 3.37. The first-order valence-corrected chi connectivity index (χ1v) is 4.22. The highest BCUT2D eigenvalue weighted by atomic mass is 16.7. The number of hydrogen-bond donors (Lipinski definition) is 3. The van der Waals surface area contributed by atoms with Gasteiger partial charge in [0.25, 0.3) is 5.97 Å². The van der Waals surface area contributed by atoms with Crippen LogP contribution in [0.5, 0.6) is 0 Å². The van der Waals surface area contributed by atoms with Crippen molar-refractivity contribution < 1.29 is 29.6 Å². The normalized spacial score (nSPS) is 11.4. The monoisotopic (exact) mass is 210 g/mol. The lowest BCUT2D eigenvalue weighted by atomic mass is 10.6. The van der Waals surface area contributed by atoms with Gasteiger partial charge in [-0.05, 0) is 6.92 Å². The van der Waals surface area contributed by atoms with Crippen molar-refractivity contribution in [1.29, 1.82) is 0 Å². The summed E-state index contributed by atoms with van der Waals surface area (Å²) in [5.41, 5.74) is 0. The molecule has 6 heteroatoms. The van der Waals surface area contributed by atoms with Gasteiger partial charge in [0.1, 0.15) is 0 Å². The Bertz CT molecular complexity index is 123. The number of rotatable bonds is 6. The lowest BCUT2D eigenvalue weighted by molar-refractivity contribution is -0.164. The first kappa shape index (κ1) is 15.8. The molecule has 14 heavy (non-hydrogen) atoms.